The number of hydrogen-bond acceptors (Lipinski definition) is 5. The Hall–Kier alpha value is -2.19. The van der Waals surface area contributed by atoms with E-state index in [1.807, 2.05) is 47.8 Å². The maximum atomic E-state index is 12.8. The maximum Gasteiger partial charge on any atom is 0.325 e. The number of carbonyl (C=O) groups excluding carboxylic acids is 3. The molecule has 0 spiro atoms. The van der Waals surface area contributed by atoms with Gasteiger partial charge in [-0.25, -0.2) is 0 Å². The summed E-state index contributed by atoms with van der Waals surface area (Å²) in [7, 11) is 1.26. The molecule has 2 amide bonds. The van der Waals surface area contributed by atoms with Crippen molar-refractivity contribution in [1.82, 2.24) is 10.2 Å². The normalized spacial score (nSPS) is 11.5. The highest BCUT2D eigenvalue weighted by Gasteiger charge is 2.30. The molecule has 0 saturated heterocycles. The van der Waals surface area contributed by atoms with Crippen LogP contribution in [-0.4, -0.2) is 47.7 Å². The number of hydrogen-bond donors (Lipinski definition) is 1. The van der Waals surface area contributed by atoms with Crippen molar-refractivity contribution in [2.24, 2.45) is 0 Å². The van der Waals surface area contributed by atoms with Gasteiger partial charge in [0.15, 0.2) is 0 Å². The van der Waals surface area contributed by atoms with E-state index in [4.69, 9.17) is 0 Å². The molecule has 0 bridgehead atoms. The van der Waals surface area contributed by atoms with Gasteiger partial charge >= 0.3 is 5.97 Å². The van der Waals surface area contributed by atoms with E-state index >= 15 is 0 Å². The summed E-state index contributed by atoms with van der Waals surface area (Å²) in [6, 6.07) is 12.5. The summed E-state index contributed by atoms with van der Waals surface area (Å²) in [6.07, 6.45) is 0.345. The lowest BCUT2D eigenvalue weighted by atomic mass is 10.0. The number of esters is 1. The molecule has 1 N–H and O–H groups in total. The van der Waals surface area contributed by atoms with Gasteiger partial charge in [-0.1, -0.05) is 52.3 Å². The first-order chi connectivity index (χ1) is 13.0. The molecule has 0 aliphatic rings. The van der Waals surface area contributed by atoms with Gasteiger partial charge in [0.1, 0.15) is 12.6 Å². The highest BCUT2D eigenvalue weighted by molar-refractivity contribution is 9.09. The Balaban J connectivity index is 2.26. The third kappa shape index (κ3) is 6.48. The molecule has 27 heavy (non-hydrogen) atoms. The summed E-state index contributed by atoms with van der Waals surface area (Å²) in [5.74, 6) is -1.13. The topological polar surface area (TPSA) is 75.7 Å². The molecule has 0 aliphatic heterocycles. The fourth-order valence-corrected chi connectivity index (χ4v) is 3.58. The van der Waals surface area contributed by atoms with Crippen LogP contribution in [0.4, 0.5) is 0 Å². The molecule has 144 valence electrons. The van der Waals surface area contributed by atoms with Gasteiger partial charge in [-0.3, -0.25) is 14.4 Å². The third-order valence-corrected chi connectivity index (χ3v) is 5.27. The fourth-order valence-electron chi connectivity index (χ4n) is 2.55. The molecule has 2 aromatic rings. The minimum atomic E-state index is -0.746. The van der Waals surface area contributed by atoms with Gasteiger partial charge in [0.05, 0.1) is 19.0 Å². The van der Waals surface area contributed by atoms with E-state index in [9.17, 15) is 14.4 Å². The highest BCUT2D eigenvalue weighted by atomic mass is 79.9. The van der Waals surface area contributed by atoms with E-state index in [0.29, 0.717) is 13.0 Å². The number of thiophene rings is 1. The molecule has 1 aromatic carbocycles. The lowest BCUT2D eigenvalue weighted by Crippen LogP contribution is -2.51. The van der Waals surface area contributed by atoms with Crippen molar-refractivity contribution in [1.29, 1.82) is 0 Å². The largest absolute Gasteiger partial charge is 0.468 e. The van der Waals surface area contributed by atoms with Gasteiger partial charge < -0.3 is 15.0 Å². The number of nitrogens with one attached hydrogen (secondary N) is 1. The quantitative estimate of drug-likeness (QED) is 0.468. The number of carbonyl (C=O) groups is 3. The van der Waals surface area contributed by atoms with Gasteiger partial charge in [0.2, 0.25) is 11.8 Å². The molecular weight excluding hydrogens is 432 g/mol. The molecule has 1 heterocycles. The molecule has 0 aliphatic carbocycles. The Morgan fingerprint density at radius 3 is 2.52 bits per heavy atom. The predicted octanol–water partition coefficient (Wildman–Crippen LogP) is 2.37. The van der Waals surface area contributed by atoms with Crippen LogP contribution in [0.5, 0.6) is 0 Å². The van der Waals surface area contributed by atoms with E-state index in [0.717, 1.165) is 10.4 Å². The van der Waals surface area contributed by atoms with Crippen LogP contribution in [0.3, 0.4) is 0 Å². The second-order valence-corrected chi connectivity index (χ2v) is 7.33. The standard InChI is InChI=1S/C19H21BrN2O4S/c1-26-18(24)12-21-19(25)16(10-14-6-3-2-4-7-14)22(17(23)11-20)13-15-8-5-9-27-15/h2-9,16H,10-13H2,1H3,(H,21,25). The minimum absolute atomic E-state index is 0.105. The average Bonchev–Trinajstić information content (AvgIpc) is 3.21. The monoisotopic (exact) mass is 452 g/mol. The lowest BCUT2D eigenvalue weighted by molar-refractivity contribution is -0.143. The van der Waals surface area contributed by atoms with Gasteiger partial charge in [0.25, 0.3) is 0 Å². The van der Waals surface area contributed by atoms with Crippen molar-refractivity contribution >= 4 is 45.1 Å². The van der Waals surface area contributed by atoms with Crippen LogP contribution in [0.25, 0.3) is 0 Å². The van der Waals surface area contributed by atoms with Crippen LogP contribution >= 0.6 is 27.3 Å². The Labute approximate surface area is 170 Å². The van der Waals surface area contributed by atoms with Crippen molar-refractivity contribution in [2.75, 3.05) is 19.0 Å². The van der Waals surface area contributed by atoms with Crippen molar-refractivity contribution in [3.8, 4) is 0 Å². The molecule has 6 nitrogen and oxygen atoms in total. The summed E-state index contributed by atoms with van der Waals surface area (Å²) in [4.78, 5) is 39.3. The van der Waals surface area contributed by atoms with Crippen LogP contribution in [0, 0.1) is 0 Å². The van der Waals surface area contributed by atoms with E-state index in [2.05, 4.69) is 26.0 Å². The van der Waals surface area contributed by atoms with Crippen LogP contribution in [-0.2, 0) is 32.1 Å². The molecule has 0 radical (unpaired) electrons. The van der Waals surface area contributed by atoms with E-state index < -0.39 is 17.9 Å². The van der Waals surface area contributed by atoms with Crippen molar-refractivity contribution in [2.45, 2.75) is 19.0 Å². The number of rotatable bonds is 9. The Morgan fingerprint density at radius 1 is 1.19 bits per heavy atom. The van der Waals surface area contributed by atoms with Gasteiger partial charge in [-0.05, 0) is 17.0 Å². The molecule has 0 saturated carbocycles. The Bertz CT molecular complexity index is 752. The number of methoxy groups -OCH3 is 1. The first-order valence-electron chi connectivity index (χ1n) is 8.31. The van der Waals surface area contributed by atoms with Crippen molar-refractivity contribution in [3.63, 3.8) is 0 Å². The number of halogens is 1. The second-order valence-electron chi connectivity index (χ2n) is 5.73. The van der Waals surface area contributed by atoms with Crippen LogP contribution in [0.1, 0.15) is 10.4 Å². The molecule has 8 heteroatoms. The van der Waals surface area contributed by atoms with E-state index in [1.54, 1.807) is 4.90 Å². The summed E-state index contributed by atoms with van der Waals surface area (Å²) in [5.41, 5.74) is 0.925. The Morgan fingerprint density at radius 2 is 1.93 bits per heavy atom. The predicted molar refractivity (Wildman–Crippen MR) is 108 cm³/mol. The van der Waals surface area contributed by atoms with Crippen molar-refractivity contribution in [3.05, 3.63) is 58.3 Å². The van der Waals surface area contributed by atoms with Crippen LogP contribution < -0.4 is 5.32 Å². The van der Waals surface area contributed by atoms with E-state index in [1.165, 1.54) is 18.4 Å². The molecule has 2 rings (SSSR count). The summed E-state index contributed by atoms with van der Waals surface area (Å²) in [6.45, 7) is 0.0845. The first kappa shape index (κ1) is 21.1. The lowest BCUT2D eigenvalue weighted by Gasteiger charge is -2.30. The second kappa shape index (κ2) is 10.8. The third-order valence-electron chi connectivity index (χ3n) is 3.93. The molecular formula is C19H21BrN2O4S. The zero-order chi connectivity index (χ0) is 19.6. The highest BCUT2D eigenvalue weighted by Crippen LogP contribution is 2.18. The molecule has 1 atom stereocenters. The Kier molecular flexibility index (Phi) is 8.47. The summed E-state index contributed by atoms with van der Waals surface area (Å²) >= 11 is 4.72. The summed E-state index contributed by atoms with van der Waals surface area (Å²) in [5, 5.41) is 4.60. The smallest absolute Gasteiger partial charge is 0.325 e. The summed E-state index contributed by atoms with van der Waals surface area (Å²) < 4.78 is 4.57. The number of amides is 2. The van der Waals surface area contributed by atoms with Gasteiger partial charge in [-0.15, -0.1) is 11.3 Å². The van der Waals surface area contributed by atoms with Crippen molar-refractivity contribution < 1.29 is 19.1 Å². The van der Waals surface area contributed by atoms with E-state index in [-0.39, 0.29) is 17.8 Å². The van der Waals surface area contributed by atoms with Crippen LogP contribution in [0.2, 0.25) is 0 Å². The van der Waals surface area contributed by atoms with Gasteiger partial charge in [-0.2, -0.15) is 0 Å². The zero-order valence-electron chi connectivity index (χ0n) is 14.9. The minimum Gasteiger partial charge on any atom is -0.468 e. The van der Waals surface area contributed by atoms with Crippen LogP contribution in [0.15, 0.2) is 47.8 Å². The number of ether oxygens (including phenoxy) is 1. The number of alkyl halides is 1. The van der Waals surface area contributed by atoms with Gasteiger partial charge in [0, 0.05) is 11.3 Å². The molecule has 1 unspecified atom stereocenters. The fraction of sp³-hybridized carbons (Fsp3) is 0.316. The molecule has 1 aromatic heterocycles. The number of nitrogens with zero attached hydrogens (tertiary/aromatic N) is 1. The number of benzene rings is 1. The maximum absolute atomic E-state index is 12.8. The zero-order valence-corrected chi connectivity index (χ0v) is 17.3. The molecule has 0 fully saturated rings. The first-order valence-corrected chi connectivity index (χ1v) is 10.3. The average molecular weight is 453 g/mol. The SMILES string of the molecule is COC(=O)CNC(=O)C(Cc1ccccc1)N(Cc1cccs1)C(=O)CBr.